The van der Waals surface area contributed by atoms with Crippen LogP contribution in [0.15, 0.2) is 42.5 Å². The SMILES string of the molecule is COc1c(NC(C)=O)cccc1[C@H](CCN(C)C)c1ccc(Cl)cc1. The van der Waals surface area contributed by atoms with Crippen LogP contribution in [0.3, 0.4) is 0 Å². The highest BCUT2D eigenvalue weighted by Crippen LogP contribution is 2.39. The van der Waals surface area contributed by atoms with Gasteiger partial charge >= 0.3 is 0 Å². The summed E-state index contributed by atoms with van der Waals surface area (Å²) in [7, 11) is 5.75. The first-order chi connectivity index (χ1) is 11.9. The lowest BCUT2D eigenvalue weighted by atomic mass is 9.87. The lowest BCUT2D eigenvalue weighted by molar-refractivity contribution is -0.114. The number of para-hydroxylation sites is 1. The molecule has 0 spiro atoms. The molecule has 4 nitrogen and oxygen atoms in total. The first kappa shape index (κ1) is 19.3. The van der Waals surface area contributed by atoms with Crippen LogP contribution in [0.4, 0.5) is 5.69 Å². The number of methoxy groups -OCH3 is 1. The molecular weight excluding hydrogens is 336 g/mol. The van der Waals surface area contributed by atoms with E-state index in [2.05, 4.69) is 30.4 Å². The molecule has 0 aliphatic rings. The van der Waals surface area contributed by atoms with E-state index in [0.29, 0.717) is 16.5 Å². The van der Waals surface area contributed by atoms with Gasteiger partial charge in [0.15, 0.2) is 0 Å². The molecule has 2 aromatic rings. The largest absolute Gasteiger partial charge is 0.494 e. The Hall–Kier alpha value is -2.04. The van der Waals surface area contributed by atoms with Crippen molar-refractivity contribution in [2.75, 3.05) is 33.1 Å². The van der Waals surface area contributed by atoms with Crippen molar-refractivity contribution in [1.82, 2.24) is 4.90 Å². The van der Waals surface area contributed by atoms with Gasteiger partial charge in [0.2, 0.25) is 5.91 Å². The average Bonchev–Trinajstić information content (AvgIpc) is 2.56. The molecule has 0 aliphatic carbocycles. The Balaban J connectivity index is 2.48. The fourth-order valence-electron chi connectivity index (χ4n) is 2.93. The number of ether oxygens (including phenoxy) is 1. The van der Waals surface area contributed by atoms with Gasteiger partial charge < -0.3 is 15.0 Å². The van der Waals surface area contributed by atoms with E-state index >= 15 is 0 Å². The molecule has 1 atom stereocenters. The maximum absolute atomic E-state index is 11.5. The monoisotopic (exact) mass is 360 g/mol. The Bertz CT molecular complexity index is 714. The zero-order valence-electron chi connectivity index (χ0n) is 15.2. The number of nitrogens with one attached hydrogen (secondary N) is 1. The third-order valence-electron chi connectivity index (χ3n) is 4.07. The number of nitrogens with zero attached hydrogens (tertiary/aromatic N) is 1. The van der Waals surface area contributed by atoms with E-state index in [-0.39, 0.29) is 11.8 Å². The van der Waals surface area contributed by atoms with E-state index in [1.165, 1.54) is 12.5 Å². The molecule has 5 heteroatoms. The minimum atomic E-state index is -0.119. The van der Waals surface area contributed by atoms with Gasteiger partial charge in [-0.2, -0.15) is 0 Å². The minimum absolute atomic E-state index is 0.119. The van der Waals surface area contributed by atoms with Crippen LogP contribution in [0.1, 0.15) is 30.4 Å². The van der Waals surface area contributed by atoms with Crippen molar-refractivity contribution in [3.05, 3.63) is 58.6 Å². The predicted octanol–water partition coefficient (Wildman–Crippen LogP) is 4.39. The zero-order chi connectivity index (χ0) is 18.4. The Morgan fingerprint density at radius 2 is 1.88 bits per heavy atom. The molecule has 0 aliphatic heterocycles. The van der Waals surface area contributed by atoms with Crippen LogP contribution in [0.5, 0.6) is 5.75 Å². The number of rotatable bonds is 7. The van der Waals surface area contributed by atoms with E-state index in [1.54, 1.807) is 7.11 Å². The molecule has 2 aromatic carbocycles. The summed E-state index contributed by atoms with van der Waals surface area (Å²) >= 11 is 6.05. The molecule has 25 heavy (non-hydrogen) atoms. The summed E-state index contributed by atoms with van der Waals surface area (Å²) in [5, 5.41) is 3.57. The van der Waals surface area contributed by atoms with Gasteiger partial charge in [-0.25, -0.2) is 0 Å². The molecular formula is C20H25ClN2O2. The third kappa shape index (κ3) is 5.21. The number of hydrogen-bond acceptors (Lipinski definition) is 3. The van der Waals surface area contributed by atoms with Crippen LogP contribution in [-0.4, -0.2) is 38.6 Å². The summed E-state index contributed by atoms with van der Waals surface area (Å²) < 4.78 is 5.66. The van der Waals surface area contributed by atoms with E-state index in [0.717, 1.165) is 18.5 Å². The fraction of sp³-hybridized carbons (Fsp3) is 0.350. The van der Waals surface area contributed by atoms with Crippen molar-refractivity contribution < 1.29 is 9.53 Å². The van der Waals surface area contributed by atoms with Crippen LogP contribution in [0.2, 0.25) is 5.02 Å². The number of carbonyl (C=O) groups is 1. The Morgan fingerprint density at radius 3 is 2.44 bits per heavy atom. The Kier molecular flexibility index (Phi) is 6.85. The second kappa shape index (κ2) is 8.88. The van der Waals surface area contributed by atoms with Crippen molar-refractivity contribution in [3.8, 4) is 5.75 Å². The van der Waals surface area contributed by atoms with E-state index in [9.17, 15) is 4.79 Å². The molecule has 2 rings (SSSR count). The van der Waals surface area contributed by atoms with E-state index < -0.39 is 0 Å². The number of halogens is 1. The molecule has 134 valence electrons. The number of amides is 1. The minimum Gasteiger partial charge on any atom is -0.494 e. The molecule has 1 N–H and O–H groups in total. The highest BCUT2D eigenvalue weighted by Gasteiger charge is 2.21. The molecule has 0 aromatic heterocycles. The topological polar surface area (TPSA) is 41.6 Å². The van der Waals surface area contributed by atoms with Gasteiger partial charge in [0, 0.05) is 23.4 Å². The fourth-order valence-corrected chi connectivity index (χ4v) is 3.06. The van der Waals surface area contributed by atoms with Crippen LogP contribution in [0.25, 0.3) is 0 Å². The van der Waals surface area contributed by atoms with Crippen LogP contribution in [0, 0.1) is 0 Å². The maximum atomic E-state index is 11.5. The molecule has 0 bridgehead atoms. The van der Waals surface area contributed by atoms with Crippen molar-refractivity contribution in [2.24, 2.45) is 0 Å². The van der Waals surface area contributed by atoms with Gasteiger partial charge in [-0.05, 0) is 50.8 Å². The molecule has 0 heterocycles. The van der Waals surface area contributed by atoms with Crippen LogP contribution < -0.4 is 10.1 Å². The standard InChI is InChI=1S/C20H25ClN2O2/c1-14(24)22-19-7-5-6-18(20(19)25-4)17(12-13-23(2)3)15-8-10-16(21)11-9-15/h5-11,17H,12-13H2,1-4H3,(H,22,24)/t17-/m1/s1. The summed E-state index contributed by atoms with van der Waals surface area (Å²) in [5.41, 5.74) is 2.92. The van der Waals surface area contributed by atoms with Gasteiger partial charge in [0.05, 0.1) is 12.8 Å². The maximum Gasteiger partial charge on any atom is 0.221 e. The quantitative estimate of drug-likeness (QED) is 0.796. The normalized spacial score (nSPS) is 12.1. The Morgan fingerprint density at radius 1 is 1.20 bits per heavy atom. The van der Waals surface area contributed by atoms with E-state index in [4.69, 9.17) is 16.3 Å². The highest BCUT2D eigenvalue weighted by atomic mass is 35.5. The van der Waals surface area contributed by atoms with Gasteiger partial charge in [0.25, 0.3) is 0 Å². The zero-order valence-corrected chi connectivity index (χ0v) is 15.9. The smallest absolute Gasteiger partial charge is 0.221 e. The molecule has 0 saturated carbocycles. The first-order valence-corrected chi connectivity index (χ1v) is 8.65. The average molecular weight is 361 g/mol. The van der Waals surface area contributed by atoms with E-state index in [1.807, 2.05) is 36.4 Å². The molecule has 0 saturated heterocycles. The van der Waals surface area contributed by atoms with Gasteiger partial charge in [-0.15, -0.1) is 0 Å². The van der Waals surface area contributed by atoms with Crippen molar-refractivity contribution in [1.29, 1.82) is 0 Å². The van der Waals surface area contributed by atoms with Gasteiger partial charge in [-0.3, -0.25) is 4.79 Å². The van der Waals surface area contributed by atoms with Crippen molar-refractivity contribution in [2.45, 2.75) is 19.3 Å². The van der Waals surface area contributed by atoms with Crippen molar-refractivity contribution in [3.63, 3.8) is 0 Å². The highest BCUT2D eigenvalue weighted by molar-refractivity contribution is 6.30. The number of anilines is 1. The summed E-state index contributed by atoms with van der Waals surface area (Å²) in [6, 6.07) is 13.8. The second-order valence-electron chi connectivity index (χ2n) is 6.31. The molecule has 0 fully saturated rings. The second-order valence-corrected chi connectivity index (χ2v) is 6.74. The molecule has 1 amide bonds. The summed E-state index contributed by atoms with van der Waals surface area (Å²) in [4.78, 5) is 13.7. The number of carbonyl (C=O) groups excluding carboxylic acids is 1. The number of hydrogen-bond donors (Lipinski definition) is 1. The van der Waals surface area contributed by atoms with Crippen LogP contribution in [-0.2, 0) is 4.79 Å². The summed E-state index contributed by atoms with van der Waals surface area (Å²) in [6.45, 7) is 2.43. The first-order valence-electron chi connectivity index (χ1n) is 8.27. The van der Waals surface area contributed by atoms with Gasteiger partial charge in [-0.1, -0.05) is 35.9 Å². The third-order valence-corrected chi connectivity index (χ3v) is 4.33. The summed E-state index contributed by atoms with van der Waals surface area (Å²) in [5.74, 6) is 0.728. The lowest BCUT2D eigenvalue weighted by Gasteiger charge is -2.24. The van der Waals surface area contributed by atoms with Crippen molar-refractivity contribution >= 4 is 23.2 Å². The molecule has 0 unspecified atom stereocenters. The number of benzene rings is 2. The molecule has 0 radical (unpaired) electrons. The summed E-state index contributed by atoms with van der Waals surface area (Å²) in [6.07, 6.45) is 0.925. The van der Waals surface area contributed by atoms with Gasteiger partial charge in [0.1, 0.15) is 5.75 Å². The van der Waals surface area contributed by atoms with Crippen LogP contribution >= 0.6 is 11.6 Å². The Labute approximate surface area is 154 Å². The predicted molar refractivity (Wildman–Crippen MR) is 104 cm³/mol. The lowest BCUT2D eigenvalue weighted by Crippen LogP contribution is -2.17.